The van der Waals surface area contributed by atoms with Crippen LogP contribution in [0, 0.1) is 12.3 Å². The first-order valence-corrected chi connectivity index (χ1v) is 36.0. The van der Waals surface area contributed by atoms with Crippen molar-refractivity contribution >= 4 is 47.0 Å². The lowest BCUT2D eigenvalue weighted by Gasteiger charge is -2.36. The number of methoxy groups -OCH3 is 1. The number of nitrogens with one attached hydrogen (secondary N) is 2. The molecule has 3 aliphatic rings. The van der Waals surface area contributed by atoms with Crippen molar-refractivity contribution in [2.24, 2.45) is 5.41 Å². The maximum absolute atomic E-state index is 14.9. The normalized spacial score (nSPS) is 14.6. The van der Waals surface area contributed by atoms with E-state index >= 15 is 0 Å². The standard InChI is InChI=1S/C81H96N10O11/c1-8-11-38-86(39-12-9-2)78(96)70-42-55(4)90(84-70)72-35-29-62(45-68(72)76(94)88-49-60-23-17-15-21-58(60)43-64(88)51-92)82-74(93)54-101-67-33-31-66(32-34-67)100-52-57-27-25-56(26-28-57)48-81(5,6)37-19-14-20-41-87(40-13-10-3)79(97)71-47-75-91(85-71)73-36-30-63(83-80(98)99-7)46-69(73)77(95)89-50-61-24-18-16-22-59(61)44-65(89)53-102-75/h15-18,21-36,42,45-47,64-65,92H,8-14,19-20,37-41,43-44,48-54H2,1-7H3,(H,82,93)(H,83,98). The first-order chi connectivity index (χ1) is 49.4. The molecule has 0 fully saturated rings. The van der Waals surface area contributed by atoms with Gasteiger partial charge in [0.1, 0.15) is 24.7 Å². The Bertz CT molecular complexity index is 4250. The molecule has 0 spiro atoms. The number of aryl methyl sites for hydroxylation is 1. The number of carbonyl (C=O) groups is 6. The molecule has 0 radical (unpaired) electrons. The molecule has 2 aromatic heterocycles. The molecule has 6 aromatic carbocycles. The fourth-order valence-electron chi connectivity index (χ4n) is 13.8. The van der Waals surface area contributed by atoms with E-state index < -0.39 is 18.0 Å². The maximum Gasteiger partial charge on any atom is 0.411 e. The number of aliphatic hydroxyl groups excluding tert-OH is 1. The molecule has 8 aromatic rings. The van der Waals surface area contributed by atoms with Gasteiger partial charge in [-0.3, -0.25) is 29.3 Å². The van der Waals surface area contributed by atoms with Gasteiger partial charge in [-0.2, -0.15) is 14.9 Å². The van der Waals surface area contributed by atoms with Crippen LogP contribution in [0.5, 0.6) is 17.4 Å². The van der Waals surface area contributed by atoms with E-state index in [1.807, 2.05) is 64.1 Å². The van der Waals surface area contributed by atoms with E-state index in [0.29, 0.717) is 104 Å². The number of aromatic nitrogens is 4. The van der Waals surface area contributed by atoms with Gasteiger partial charge in [-0.05, 0) is 164 Å². The lowest BCUT2D eigenvalue weighted by Crippen LogP contribution is -2.47. The fourth-order valence-corrected chi connectivity index (χ4v) is 13.8. The zero-order valence-corrected chi connectivity index (χ0v) is 59.9. The Morgan fingerprint density at radius 2 is 1.21 bits per heavy atom. The molecule has 2 atom stereocenters. The third-order valence-electron chi connectivity index (χ3n) is 19.5. The third kappa shape index (κ3) is 17.9. The van der Waals surface area contributed by atoms with Gasteiger partial charge in [0.2, 0.25) is 5.88 Å². The number of amides is 6. The summed E-state index contributed by atoms with van der Waals surface area (Å²) in [4.78, 5) is 91.0. The molecule has 2 unspecified atom stereocenters. The van der Waals surface area contributed by atoms with Gasteiger partial charge in [-0.15, -0.1) is 0 Å². The average Bonchev–Trinajstić information content (AvgIpc) is 1.50. The van der Waals surface area contributed by atoms with Gasteiger partial charge in [-0.1, -0.05) is 140 Å². The molecule has 0 saturated heterocycles. The minimum absolute atomic E-state index is 0.0278. The highest BCUT2D eigenvalue weighted by atomic mass is 16.5. The van der Waals surface area contributed by atoms with Crippen LogP contribution < -0.4 is 24.8 Å². The molecule has 11 rings (SSSR count). The molecule has 5 heterocycles. The Hall–Kier alpha value is -10.3. The lowest BCUT2D eigenvalue weighted by atomic mass is 9.81. The molecule has 21 heteroatoms. The number of hydrogen-bond acceptors (Lipinski definition) is 13. The minimum atomic E-state index is -0.664. The quantitative estimate of drug-likeness (QED) is 0.0356. The summed E-state index contributed by atoms with van der Waals surface area (Å²) in [6, 6.07) is 44.3. The Balaban J connectivity index is 0.657. The van der Waals surface area contributed by atoms with Crippen LogP contribution in [-0.2, 0) is 48.5 Å². The maximum atomic E-state index is 14.9. The summed E-state index contributed by atoms with van der Waals surface area (Å²) in [5.41, 5.74) is 9.90. The summed E-state index contributed by atoms with van der Waals surface area (Å²) in [6.45, 7) is 15.9. The van der Waals surface area contributed by atoms with Crippen LogP contribution in [-0.4, -0.2) is 145 Å². The van der Waals surface area contributed by atoms with Crippen molar-refractivity contribution in [2.45, 2.75) is 157 Å². The number of ether oxygens (including phenoxy) is 4. The van der Waals surface area contributed by atoms with Crippen molar-refractivity contribution in [3.05, 3.63) is 207 Å². The van der Waals surface area contributed by atoms with Gasteiger partial charge in [0.15, 0.2) is 18.0 Å². The Morgan fingerprint density at radius 1 is 0.627 bits per heavy atom. The van der Waals surface area contributed by atoms with E-state index in [2.05, 4.69) is 75.6 Å². The summed E-state index contributed by atoms with van der Waals surface area (Å²) in [5, 5.41) is 25.9. The highest BCUT2D eigenvalue weighted by Gasteiger charge is 2.37. The second-order valence-corrected chi connectivity index (χ2v) is 27.8. The van der Waals surface area contributed by atoms with Crippen LogP contribution in [0.3, 0.4) is 0 Å². The van der Waals surface area contributed by atoms with Crippen LogP contribution in [0.1, 0.15) is 180 Å². The monoisotopic (exact) mass is 1380 g/mol. The second-order valence-electron chi connectivity index (χ2n) is 27.8. The van der Waals surface area contributed by atoms with E-state index in [-0.39, 0.29) is 78.4 Å². The number of carbonyl (C=O) groups excluding carboxylic acids is 6. The predicted molar refractivity (Wildman–Crippen MR) is 392 cm³/mol. The molecule has 0 bridgehead atoms. The van der Waals surface area contributed by atoms with E-state index in [9.17, 15) is 33.9 Å². The van der Waals surface area contributed by atoms with Crippen molar-refractivity contribution in [3.63, 3.8) is 0 Å². The number of hydrogen-bond donors (Lipinski definition) is 3. The first-order valence-electron chi connectivity index (χ1n) is 36.0. The SMILES string of the molecule is CCCCN(CCCC)C(=O)c1cc(C)n(-c2ccc(NC(=O)COc3ccc(OCc4ccc(CC(C)(C)CCCCCN(CCCC)C(=O)c5cc6n(n5)-c5ccc(NC(=O)OC)cc5C(=O)N5Cc7ccccc7CC5CO6)cc4)cc3)cc2C(=O)N2Cc3ccccc3CC2CO)n1. The summed E-state index contributed by atoms with van der Waals surface area (Å²) in [6.07, 6.45) is 10.5. The molecule has 0 saturated carbocycles. The molecule has 6 amide bonds. The van der Waals surface area contributed by atoms with E-state index in [4.69, 9.17) is 29.1 Å². The minimum Gasteiger partial charge on any atom is -0.489 e. The van der Waals surface area contributed by atoms with E-state index in [1.165, 1.54) is 12.7 Å². The molecule has 3 aliphatic heterocycles. The van der Waals surface area contributed by atoms with Crippen LogP contribution in [0.4, 0.5) is 16.2 Å². The molecule has 0 aliphatic carbocycles. The summed E-state index contributed by atoms with van der Waals surface area (Å²) in [5.74, 6) is 0.0693. The van der Waals surface area contributed by atoms with Crippen LogP contribution in [0.25, 0.3) is 11.4 Å². The molecule has 536 valence electrons. The highest BCUT2D eigenvalue weighted by Crippen LogP contribution is 2.35. The van der Waals surface area contributed by atoms with Gasteiger partial charge in [-0.25, -0.2) is 9.48 Å². The summed E-state index contributed by atoms with van der Waals surface area (Å²) >= 11 is 0. The Kier molecular flexibility index (Phi) is 24.3. The van der Waals surface area contributed by atoms with Crippen molar-refractivity contribution in [3.8, 4) is 28.8 Å². The number of benzene rings is 6. The molecule has 21 nitrogen and oxygen atoms in total. The van der Waals surface area contributed by atoms with Crippen molar-refractivity contribution < 1.29 is 52.8 Å². The van der Waals surface area contributed by atoms with Gasteiger partial charge >= 0.3 is 6.09 Å². The largest absolute Gasteiger partial charge is 0.489 e. The highest BCUT2D eigenvalue weighted by molar-refractivity contribution is 6.02. The smallest absolute Gasteiger partial charge is 0.411 e. The van der Waals surface area contributed by atoms with E-state index in [0.717, 1.165) is 98.4 Å². The first kappa shape index (κ1) is 73.0. The third-order valence-corrected chi connectivity index (χ3v) is 19.5. The van der Waals surface area contributed by atoms with Gasteiger partial charge in [0, 0.05) is 62.4 Å². The number of fused-ring (bicyclic) bond motifs is 6. The molecule has 3 N–H and O–H groups in total. The van der Waals surface area contributed by atoms with Crippen molar-refractivity contribution in [1.82, 2.24) is 39.2 Å². The van der Waals surface area contributed by atoms with Crippen molar-refractivity contribution in [2.75, 3.05) is 63.7 Å². The predicted octanol–water partition coefficient (Wildman–Crippen LogP) is 13.8. The molecular weight excluding hydrogens is 1290 g/mol. The summed E-state index contributed by atoms with van der Waals surface area (Å²) < 4.78 is 26.6. The number of anilines is 2. The van der Waals surface area contributed by atoms with E-state index in [1.54, 1.807) is 87.1 Å². The average molecular weight is 1390 g/mol. The van der Waals surface area contributed by atoms with Crippen LogP contribution >= 0.6 is 0 Å². The number of rotatable bonds is 30. The number of aliphatic hydroxyl groups is 1. The van der Waals surface area contributed by atoms with Gasteiger partial charge in [0.05, 0.1) is 48.3 Å². The molecule has 102 heavy (non-hydrogen) atoms. The van der Waals surface area contributed by atoms with Crippen LogP contribution in [0.2, 0.25) is 0 Å². The topological polar surface area (TPSA) is 232 Å². The van der Waals surface area contributed by atoms with Gasteiger partial charge in [0.25, 0.3) is 29.5 Å². The number of unbranched alkanes of at least 4 members (excludes halogenated alkanes) is 5. The molecular formula is C81H96N10O11. The van der Waals surface area contributed by atoms with Crippen molar-refractivity contribution in [1.29, 1.82) is 0 Å². The fraction of sp³-hybridized carbons (Fsp3) is 0.407. The number of nitrogens with zero attached hydrogens (tertiary/aromatic N) is 8. The summed E-state index contributed by atoms with van der Waals surface area (Å²) in [7, 11) is 1.28. The zero-order valence-electron chi connectivity index (χ0n) is 59.9. The Labute approximate surface area is 598 Å². The Morgan fingerprint density at radius 3 is 1.85 bits per heavy atom. The lowest BCUT2D eigenvalue weighted by molar-refractivity contribution is -0.118. The van der Waals surface area contributed by atoms with Gasteiger partial charge < -0.3 is 49.0 Å². The second kappa shape index (κ2) is 33.9. The zero-order chi connectivity index (χ0) is 71.9. The van der Waals surface area contributed by atoms with Crippen LogP contribution in [0.15, 0.2) is 146 Å².